The molecule has 1 N–H and O–H groups in total. The minimum atomic E-state index is 0.358. The fraction of sp³-hybridized carbons (Fsp3) is 0.571. The van der Waals surface area contributed by atoms with Gasteiger partial charge in [-0.1, -0.05) is 6.92 Å². The van der Waals surface area contributed by atoms with Crippen molar-refractivity contribution >= 4 is 15.9 Å². The van der Waals surface area contributed by atoms with Crippen LogP contribution in [-0.4, -0.2) is 34.0 Å². The van der Waals surface area contributed by atoms with Gasteiger partial charge in [0.2, 0.25) is 0 Å². The van der Waals surface area contributed by atoms with Gasteiger partial charge in [-0.05, 0) is 40.0 Å². The average Bonchev–Trinajstić information content (AvgIpc) is 2.42. The summed E-state index contributed by atoms with van der Waals surface area (Å²) < 4.78 is 16.7. The smallest absolute Gasteiger partial charge is 0.174 e. The SMILES string of the molecule is CCC(COC)NCc1cc(Br)c(OC)c(OC)c1. The third-order valence-corrected chi connectivity index (χ3v) is 3.54. The summed E-state index contributed by atoms with van der Waals surface area (Å²) in [5.41, 5.74) is 1.14. The minimum absolute atomic E-state index is 0.358. The van der Waals surface area contributed by atoms with Crippen LogP contribution >= 0.6 is 15.9 Å². The zero-order valence-corrected chi connectivity index (χ0v) is 13.5. The lowest BCUT2D eigenvalue weighted by molar-refractivity contribution is 0.164. The molecular formula is C14H22BrNO3. The molecule has 1 rings (SSSR count). The van der Waals surface area contributed by atoms with E-state index in [0.29, 0.717) is 12.6 Å². The highest BCUT2D eigenvalue weighted by molar-refractivity contribution is 9.10. The van der Waals surface area contributed by atoms with Crippen LogP contribution in [-0.2, 0) is 11.3 Å². The number of benzene rings is 1. The topological polar surface area (TPSA) is 39.7 Å². The summed E-state index contributed by atoms with van der Waals surface area (Å²) in [4.78, 5) is 0. The second kappa shape index (κ2) is 8.40. The number of nitrogens with one attached hydrogen (secondary N) is 1. The molecule has 1 atom stereocenters. The molecule has 0 amide bonds. The minimum Gasteiger partial charge on any atom is -0.493 e. The lowest BCUT2D eigenvalue weighted by Crippen LogP contribution is -2.32. The molecule has 0 aliphatic rings. The molecule has 0 aromatic heterocycles. The Balaban J connectivity index is 2.76. The first-order valence-electron chi connectivity index (χ1n) is 6.28. The van der Waals surface area contributed by atoms with Gasteiger partial charge in [0.15, 0.2) is 11.5 Å². The normalized spacial score (nSPS) is 12.3. The molecule has 0 aliphatic heterocycles. The van der Waals surface area contributed by atoms with Crippen molar-refractivity contribution in [3.05, 3.63) is 22.2 Å². The number of halogens is 1. The van der Waals surface area contributed by atoms with Crippen molar-refractivity contribution < 1.29 is 14.2 Å². The van der Waals surface area contributed by atoms with Crippen molar-refractivity contribution in [2.75, 3.05) is 27.9 Å². The van der Waals surface area contributed by atoms with E-state index in [0.717, 1.165) is 34.5 Å². The molecule has 19 heavy (non-hydrogen) atoms. The van der Waals surface area contributed by atoms with Gasteiger partial charge in [0, 0.05) is 19.7 Å². The van der Waals surface area contributed by atoms with Crippen molar-refractivity contribution in [1.82, 2.24) is 5.32 Å². The quantitative estimate of drug-likeness (QED) is 0.794. The molecule has 108 valence electrons. The Kier molecular flexibility index (Phi) is 7.20. The first kappa shape index (κ1) is 16.3. The van der Waals surface area contributed by atoms with Gasteiger partial charge in [0.1, 0.15) is 0 Å². The number of methoxy groups -OCH3 is 3. The molecule has 0 aliphatic carbocycles. The van der Waals surface area contributed by atoms with E-state index < -0.39 is 0 Å². The van der Waals surface area contributed by atoms with E-state index in [1.54, 1.807) is 21.3 Å². The van der Waals surface area contributed by atoms with E-state index in [1.165, 1.54) is 0 Å². The van der Waals surface area contributed by atoms with Crippen LogP contribution in [0.1, 0.15) is 18.9 Å². The third-order valence-electron chi connectivity index (χ3n) is 2.95. The van der Waals surface area contributed by atoms with E-state index in [1.807, 2.05) is 12.1 Å². The van der Waals surface area contributed by atoms with Gasteiger partial charge in [-0.15, -0.1) is 0 Å². The van der Waals surface area contributed by atoms with Crippen LogP contribution < -0.4 is 14.8 Å². The van der Waals surface area contributed by atoms with Gasteiger partial charge < -0.3 is 19.5 Å². The lowest BCUT2D eigenvalue weighted by Gasteiger charge is -2.17. The summed E-state index contributed by atoms with van der Waals surface area (Å²) in [7, 11) is 4.99. The summed E-state index contributed by atoms with van der Waals surface area (Å²) in [5.74, 6) is 1.45. The largest absolute Gasteiger partial charge is 0.493 e. The summed E-state index contributed by atoms with van der Waals surface area (Å²) in [5, 5.41) is 3.46. The van der Waals surface area contributed by atoms with E-state index in [4.69, 9.17) is 14.2 Å². The van der Waals surface area contributed by atoms with Crippen LogP contribution in [0.25, 0.3) is 0 Å². The zero-order valence-electron chi connectivity index (χ0n) is 12.0. The number of rotatable bonds is 8. The van der Waals surface area contributed by atoms with E-state index >= 15 is 0 Å². The number of hydrogen-bond acceptors (Lipinski definition) is 4. The molecule has 0 saturated heterocycles. The van der Waals surface area contributed by atoms with Crippen LogP contribution in [0.5, 0.6) is 11.5 Å². The Hall–Kier alpha value is -0.780. The molecule has 0 fully saturated rings. The molecule has 1 unspecified atom stereocenters. The Morgan fingerprint density at radius 2 is 1.95 bits per heavy atom. The Bertz CT molecular complexity index is 399. The van der Waals surface area contributed by atoms with Crippen LogP contribution in [0, 0.1) is 0 Å². The summed E-state index contributed by atoms with van der Waals surface area (Å²) in [6, 6.07) is 4.38. The van der Waals surface area contributed by atoms with Gasteiger partial charge in [0.25, 0.3) is 0 Å². The summed E-state index contributed by atoms with van der Waals surface area (Å²) in [6.45, 7) is 3.62. The summed E-state index contributed by atoms with van der Waals surface area (Å²) in [6.07, 6.45) is 1.03. The van der Waals surface area contributed by atoms with Crippen molar-refractivity contribution in [1.29, 1.82) is 0 Å². The first-order valence-corrected chi connectivity index (χ1v) is 7.08. The molecule has 0 spiro atoms. The molecule has 0 saturated carbocycles. The highest BCUT2D eigenvalue weighted by atomic mass is 79.9. The number of ether oxygens (including phenoxy) is 3. The monoisotopic (exact) mass is 331 g/mol. The maximum absolute atomic E-state index is 5.33. The highest BCUT2D eigenvalue weighted by Gasteiger charge is 2.11. The zero-order chi connectivity index (χ0) is 14.3. The van der Waals surface area contributed by atoms with E-state index in [-0.39, 0.29) is 0 Å². The molecule has 5 heteroatoms. The standard InChI is InChI=1S/C14H22BrNO3/c1-5-11(9-17-2)16-8-10-6-12(15)14(19-4)13(7-10)18-3/h6-7,11,16H,5,8-9H2,1-4H3. The third kappa shape index (κ3) is 4.67. The predicted octanol–water partition coefficient (Wildman–Crippen LogP) is 2.98. The molecule has 1 aromatic rings. The maximum atomic E-state index is 5.33. The summed E-state index contributed by atoms with van der Waals surface area (Å²) >= 11 is 3.50. The number of hydrogen-bond donors (Lipinski definition) is 1. The van der Waals surface area contributed by atoms with Crippen molar-refractivity contribution in [2.24, 2.45) is 0 Å². The second-order valence-corrected chi connectivity index (χ2v) is 5.11. The van der Waals surface area contributed by atoms with E-state index in [2.05, 4.69) is 28.2 Å². The van der Waals surface area contributed by atoms with Crippen LogP contribution in [0.15, 0.2) is 16.6 Å². The fourth-order valence-electron chi connectivity index (χ4n) is 1.86. The Morgan fingerprint density at radius 1 is 1.21 bits per heavy atom. The maximum Gasteiger partial charge on any atom is 0.174 e. The van der Waals surface area contributed by atoms with Gasteiger partial charge in [-0.3, -0.25) is 0 Å². The van der Waals surface area contributed by atoms with Gasteiger partial charge >= 0.3 is 0 Å². The van der Waals surface area contributed by atoms with Crippen molar-refractivity contribution in [2.45, 2.75) is 25.9 Å². The Morgan fingerprint density at radius 3 is 2.47 bits per heavy atom. The van der Waals surface area contributed by atoms with Crippen molar-refractivity contribution in [3.8, 4) is 11.5 Å². The van der Waals surface area contributed by atoms with E-state index in [9.17, 15) is 0 Å². The first-order chi connectivity index (χ1) is 9.15. The molecule has 0 bridgehead atoms. The van der Waals surface area contributed by atoms with Gasteiger partial charge in [-0.2, -0.15) is 0 Å². The highest BCUT2D eigenvalue weighted by Crippen LogP contribution is 2.36. The predicted molar refractivity (Wildman–Crippen MR) is 80.0 cm³/mol. The molecule has 1 aromatic carbocycles. The fourth-order valence-corrected chi connectivity index (χ4v) is 2.51. The van der Waals surface area contributed by atoms with Crippen LogP contribution in [0.4, 0.5) is 0 Å². The molecule has 0 heterocycles. The van der Waals surface area contributed by atoms with Crippen LogP contribution in [0.2, 0.25) is 0 Å². The molecule has 0 radical (unpaired) electrons. The van der Waals surface area contributed by atoms with Crippen molar-refractivity contribution in [3.63, 3.8) is 0 Å². The van der Waals surface area contributed by atoms with Gasteiger partial charge in [-0.25, -0.2) is 0 Å². The lowest BCUT2D eigenvalue weighted by atomic mass is 10.1. The Labute approximate surface area is 123 Å². The average molecular weight is 332 g/mol. The molecule has 4 nitrogen and oxygen atoms in total. The van der Waals surface area contributed by atoms with Gasteiger partial charge in [0.05, 0.1) is 25.3 Å². The second-order valence-electron chi connectivity index (χ2n) is 4.25. The van der Waals surface area contributed by atoms with Crippen LogP contribution in [0.3, 0.4) is 0 Å². The molecular weight excluding hydrogens is 310 g/mol.